The number of hydrogen-bond donors (Lipinski definition) is 1. The Morgan fingerprint density at radius 3 is 2.64 bits per heavy atom. The van der Waals surface area contributed by atoms with Crippen LogP contribution in [0.1, 0.15) is 26.7 Å². The summed E-state index contributed by atoms with van der Waals surface area (Å²) in [5.41, 5.74) is -0.541. The lowest BCUT2D eigenvalue weighted by Crippen LogP contribution is -2.33. The van der Waals surface area contributed by atoms with Crippen molar-refractivity contribution in [2.45, 2.75) is 31.9 Å². The molecular weight excluding hydrogens is 160 g/mol. The second-order valence-electron chi connectivity index (χ2n) is 3.53. The maximum atomic E-state index is 10.8. The Morgan fingerprint density at radius 2 is 2.27 bits per heavy atom. The number of aliphatic carboxylic acids is 1. The van der Waals surface area contributed by atoms with Crippen LogP contribution in [0.4, 0.5) is 0 Å². The van der Waals surface area contributed by atoms with Crippen LogP contribution in [-0.4, -0.2) is 22.1 Å². The zero-order valence-corrected chi connectivity index (χ0v) is 7.78. The summed E-state index contributed by atoms with van der Waals surface area (Å²) in [6.45, 7) is 3.64. The summed E-state index contributed by atoms with van der Waals surface area (Å²) < 4.78 is 0. The number of carboxylic acids is 1. The molecule has 0 aromatic rings. The first-order valence-corrected chi connectivity index (χ1v) is 4.95. The first-order chi connectivity index (χ1) is 5.05. The van der Waals surface area contributed by atoms with Crippen LogP contribution < -0.4 is 0 Å². The quantitative estimate of drug-likeness (QED) is 0.695. The average Bonchev–Trinajstić information content (AvgIpc) is 2.37. The van der Waals surface area contributed by atoms with Crippen molar-refractivity contribution in [1.82, 2.24) is 0 Å². The fraction of sp³-hybridized carbons (Fsp3) is 0.875. The highest BCUT2D eigenvalue weighted by Crippen LogP contribution is 2.39. The van der Waals surface area contributed by atoms with E-state index in [-0.39, 0.29) is 0 Å². The topological polar surface area (TPSA) is 37.3 Å². The molecule has 0 spiro atoms. The molecule has 0 saturated carbocycles. The second-order valence-corrected chi connectivity index (χ2v) is 4.84. The zero-order valence-electron chi connectivity index (χ0n) is 6.96. The van der Waals surface area contributed by atoms with Gasteiger partial charge in [0.05, 0.1) is 5.41 Å². The van der Waals surface area contributed by atoms with E-state index in [9.17, 15) is 4.79 Å². The van der Waals surface area contributed by atoms with Gasteiger partial charge < -0.3 is 5.11 Å². The van der Waals surface area contributed by atoms with Gasteiger partial charge in [-0.25, -0.2) is 0 Å². The zero-order chi connectivity index (χ0) is 8.48. The Balaban J connectivity index is 2.62. The fourth-order valence-electron chi connectivity index (χ4n) is 1.28. The standard InChI is InChI=1S/C8H14O2S/c1-8(2,7(9)10)6-4-3-5-11-6/h6H,3-5H2,1-2H3,(H,9,10). The fourth-order valence-corrected chi connectivity index (χ4v) is 2.75. The SMILES string of the molecule is CC(C)(C(=O)O)C1CCCS1. The van der Waals surface area contributed by atoms with Gasteiger partial charge in [0.15, 0.2) is 0 Å². The van der Waals surface area contributed by atoms with Crippen LogP contribution in [0.5, 0.6) is 0 Å². The summed E-state index contributed by atoms with van der Waals surface area (Å²) in [5.74, 6) is 0.457. The summed E-state index contributed by atoms with van der Waals surface area (Å²) in [4.78, 5) is 10.8. The maximum absolute atomic E-state index is 10.8. The Bertz CT molecular complexity index is 159. The van der Waals surface area contributed by atoms with Crippen LogP contribution in [0.25, 0.3) is 0 Å². The van der Waals surface area contributed by atoms with Crippen molar-refractivity contribution in [3.63, 3.8) is 0 Å². The molecular formula is C8H14O2S. The molecule has 0 aliphatic carbocycles. The van der Waals surface area contributed by atoms with Gasteiger partial charge in [-0.15, -0.1) is 0 Å². The van der Waals surface area contributed by atoms with E-state index in [1.165, 1.54) is 6.42 Å². The Hall–Kier alpha value is -0.180. The van der Waals surface area contributed by atoms with Crippen molar-refractivity contribution in [3.05, 3.63) is 0 Å². The van der Waals surface area contributed by atoms with E-state index in [2.05, 4.69) is 0 Å². The largest absolute Gasteiger partial charge is 0.481 e. The van der Waals surface area contributed by atoms with Gasteiger partial charge in [-0.2, -0.15) is 11.8 Å². The van der Waals surface area contributed by atoms with Crippen molar-refractivity contribution in [2.75, 3.05) is 5.75 Å². The second kappa shape index (κ2) is 3.05. The summed E-state index contributed by atoms with van der Waals surface area (Å²) in [5, 5.41) is 9.21. The molecule has 2 nitrogen and oxygen atoms in total. The van der Waals surface area contributed by atoms with Crippen LogP contribution in [0, 0.1) is 5.41 Å². The van der Waals surface area contributed by atoms with Crippen LogP contribution in [0.15, 0.2) is 0 Å². The van der Waals surface area contributed by atoms with E-state index in [4.69, 9.17) is 5.11 Å². The van der Waals surface area contributed by atoms with Crippen molar-refractivity contribution in [1.29, 1.82) is 0 Å². The number of thioether (sulfide) groups is 1. The van der Waals surface area contributed by atoms with Crippen LogP contribution >= 0.6 is 11.8 Å². The third-order valence-electron chi connectivity index (χ3n) is 2.29. The average molecular weight is 174 g/mol. The lowest BCUT2D eigenvalue weighted by Gasteiger charge is -2.25. The van der Waals surface area contributed by atoms with Crippen molar-refractivity contribution in [3.8, 4) is 0 Å². The molecule has 0 radical (unpaired) electrons. The molecule has 0 aromatic carbocycles. The van der Waals surface area contributed by atoms with E-state index < -0.39 is 11.4 Å². The predicted molar refractivity (Wildman–Crippen MR) is 46.9 cm³/mol. The molecule has 11 heavy (non-hydrogen) atoms. The van der Waals surface area contributed by atoms with E-state index in [1.54, 1.807) is 11.8 Å². The molecule has 1 saturated heterocycles. The molecule has 64 valence electrons. The smallest absolute Gasteiger partial charge is 0.310 e. The van der Waals surface area contributed by atoms with Gasteiger partial charge in [0, 0.05) is 5.25 Å². The number of carboxylic acid groups (broad SMARTS) is 1. The molecule has 1 aliphatic rings. The van der Waals surface area contributed by atoms with E-state index in [1.807, 2.05) is 13.8 Å². The van der Waals surface area contributed by atoms with Crippen LogP contribution in [0.3, 0.4) is 0 Å². The van der Waals surface area contributed by atoms with E-state index >= 15 is 0 Å². The normalized spacial score (nSPS) is 25.5. The Kier molecular flexibility index (Phi) is 2.47. The van der Waals surface area contributed by atoms with Gasteiger partial charge in [0.2, 0.25) is 0 Å². The third-order valence-corrected chi connectivity index (χ3v) is 4.04. The molecule has 1 fully saturated rings. The van der Waals surface area contributed by atoms with E-state index in [0.29, 0.717) is 5.25 Å². The molecule has 1 aliphatic heterocycles. The summed E-state index contributed by atoms with van der Waals surface area (Å²) in [6.07, 6.45) is 2.23. The highest BCUT2D eigenvalue weighted by Gasteiger charge is 2.38. The molecule has 1 rings (SSSR count). The van der Waals surface area contributed by atoms with Crippen molar-refractivity contribution >= 4 is 17.7 Å². The van der Waals surface area contributed by atoms with Gasteiger partial charge in [-0.1, -0.05) is 0 Å². The lowest BCUT2D eigenvalue weighted by molar-refractivity contribution is -0.146. The molecule has 0 bridgehead atoms. The lowest BCUT2D eigenvalue weighted by atomic mass is 9.87. The highest BCUT2D eigenvalue weighted by atomic mass is 32.2. The molecule has 3 heteroatoms. The molecule has 1 unspecified atom stereocenters. The van der Waals surface area contributed by atoms with Gasteiger partial charge in [-0.3, -0.25) is 4.79 Å². The monoisotopic (exact) mass is 174 g/mol. The maximum Gasteiger partial charge on any atom is 0.310 e. The minimum Gasteiger partial charge on any atom is -0.481 e. The van der Waals surface area contributed by atoms with Crippen molar-refractivity contribution in [2.24, 2.45) is 5.41 Å². The minimum atomic E-state index is -0.670. The summed E-state index contributed by atoms with van der Waals surface area (Å²) >= 11 is 1.80. The predicted octanol–water partition coefficient (Wildman–Crippen LogP) is 1.99. The number of rotatable bonds is 2. The first-order valence-electron chi connectivity index (χ1n) is 3.90. The highest BCUT2D eigenvalue weighted by molar-refractivity contribution is 8.00. The molecule has 1 heterocycles. The molecule has 1 N–H and O–H groups in total. The van der Waals surface area contributed by atoms with Gasteiger partial charge in [0.25, 0.3) is 0 Å². The summed E-state index contributed by atoms with van der Waals surface area (Å²) in [7, 11) is 0. The van der Waals surface area contributed by atoms with Gasteiger partial charge >= 0.3 is 5.97 Å². The number of hydrogen-bond acceptors (Lipinski definition) is 2. The Labute approximate surface area is 71.4 Å². The van der Waals surface area contributed by atoms with Gasteiger partial charge in [0.1, 0.15) is 0 Å². The Morgan fingerprint density at radius 1 is 1.64 bits per heavy atom. The summed E-state index contributed by atoms with van der Waals surface area (Å²) in [6, 6.07) is 0. The molecule has 1 atom stereocenters. The third kappa shape index (κ3) is 1.70. The van der Waals surface area contributed by atoms with Crippen LogP contribution in [-0.2, 0) is 4.79 Å². The van der Waals surface area contributed by atoms with Gasteiger partial charge in [-0.05, 0) is 32.4 Å². The van der Waals surface area contributed by atoms with Crippen LogP contribution in [0.2, 0.25) is 0 Å². The van der Waals surface area contributed by atoms with E-state index in [0.717, 1.165) is 12.2 Å². The number of carbonyl (C=O) groups is 1. The molecule has 0 amide bonds. The first kappa shape index (κ1) is 8.91. The minimum absolute atomic E-state index is 0.319. The van der Waals surface area contributed by atoms with Crippen molar-refractivity contribution < 1.29 is 9.90 Å². The molecule has 0 aromatic heterocycles.